The second kappa shape index (κ2) is 10.4. The third-order valence-electron chi connectivity index (χ3n) is 4.66. The van der Waals surface area contributed by atoms with Gasteiger partial charge in [0.15, 0.2) is 0 Å². The van der Waals surface area contributed by atoms with E-state index in [2.05, 4.69) is 19.9 Å². The lowest BCUT2D eigenvalue weighted by atomic mass is 9.82. The van der Waals surface area contributed by atoms with E-state index >= 15 is 0 Å². The number of halogens is 2. The second-order valence-electron chi connectivity index (χ2n) is 6.54. The quantitative estimate of drug-likeness (QED) is 0.659. The fraction of sp³-hybridized carbons (Fsp3) is 0.684. The largest absolute Gasteiger partial charge is 0.493 e. The zero-order chi connectivity index (χ0) is 15.9. The summed E-state index contributed by atoms with van der Waals surface area (Å²) in [6, 6.07) is 4.35. The third kappa shape index (κ3) is 5.85. The van der Waals surface area contributed by atoms with Crippen molar-refractivity contribution in [2.24, 2.45) is 5.73 Å². The second-order valence-corrected chi connectivity index (χ2v) is 6.98. The minimum absolute atomic E-state index is 0. The molecule has 2 N–H and O–H groups in total. The lowest BCUT2D eigenvalue weighted by Crippen LogP contribution is -2.22. The molecule has 2 nitrogen and oxygen atoms in total. The number of hydrogen-bond donors (Lipinski definition) is 1. The van der Waals surface area contributed by atoms with E-state index in [0.29, 0.717) is 5.92 Å². The summed E-state index contributed by atoms with van der Waals surface area (Å²) in [4.78, 5) is 0. The maximum atomic E-state index is 6.41. The lowest BCUT2D eigenvalue weighted by Gasteiger charge is -2.26. The van der Waals surface area contributed by atoms with Crippen molar-refractivity contribution in [2.75, 3.05) is 6.61 Å². The highest BCUT2D eigenvalue weighted by atomic mass is 35.5. The van der Waals surface area contributed by atoms with Gasteiger partial charge >= 0.3 is 0 Å². The predicted molar refractivity (Wildman–Crippen MR) is 102 cm³/mol. The van der Waals surface area contributed by atoms with Gasteiger partial charge in [0, 0.05) is 11.1 Å². The predicted octanol–water partition coefficient (Wildman–Crippen LogP) is 5.88. The molecule has 0 radical (unpaired) electrons. The number of ether oxygens (including phenoxy) is 1. The van der Waals surface area contributed by atoms with Crippen LogP contribution in [0.25, 0.3) is 0 Å². The summed E-state index contributed by atoms with van der Waals surface area (Å²) in [5, 5.41) is 0.822. The SMILES string of the molecule is CCCOc1c(CC(N)CC)cc(Cl)cc1C1CCCCC1.Cl. The maximum Gasteiger partial charge on any atom is 0.126 e. The Balaban J connectivity index is 0.00000264. The Labute approximate surface area is 152 Å². The molecule has 1 fully saturated rings. The van der Waals surface area contributed by atoms with Gasteiger partial charge in [0.25, 0.3) is 0 Å². The maximum absolute atomic E-state index is 6.41. The summed E-state index contributed by atoms with van der Waals surface area (Å²) in [6.07, 6.45) is 9.32. The summed E-state index contributed by atoms with van der Waals surface area (Å²) >= 11 is 6.41. The summed E-state index contributed by atoms with van der Waals surface area (Å²) in [5.41, 5.74) is 8.69. The minimum atomic E-state index is 0. The number of benzene rings is 1. The van der Waals surface area contributed by atoms with Crippen molar-refractivity contribution >= 4 is 24.0 Å². The zero-order valence-corrected chi connectivity index (χ0v) is 16.0. The van der Waals surface area contributed by atoms with Crippen LogP contribution in [0.5, 0.6) is 5.75 Å². The van der Waals surface area contributed by atoms with Gasteiger partial charge in [-0.15, -0.1) is 12.4 Å². The molecule has 1 unspecified atom stereocenters. The molecule has 0 saturated heterocycles. The van der Waals surface area contributed by atoms with Crippen LogP contribution in [0, 0.1) is 0 Å². The Morgan fingerprint density at radius 2 is 1.91 bits per heavy atom. The Hall–Kier alpha value is -0.440. The van der Waals surface area contributed by atoms with E-state index in [1.165, 1.54) is 43.2 Å². The van der Waals surface area contributed by atoms with Crippen LogP contribution in [0.2, 0.25) is 5.02 Å². The molecule has 0 bridgehead atoms. The highest BCUT2D eigenvalue weighted by molar-refractivity contribution is 6.30. The van der Waals surface area contributed by atoms with Gasteiger partial charge in [-0.25, -0.2) is 0 Å². The van der Waals surface area contributed by atoms with Crippen LogP contribution in [-0.4, -0.2) is 12.6 Å². The molecule has 132 valence electrons. The molecule has 4 heteroatoms. The zero-order valence-electron chi connectivity index (χ0n) is 14.4. The summed E-state index contributed by atoms with van der Waals surface area (Å²) in [6.45, 7) is 5.03. The third-order valence-corrected chi connectivity index (χ3v) is 4.88. The first-order valence-corrected chi connectivity index (χ1v) is 9.24. The minimum Gasteiger partial charge on any atom is -0.493 e. The molecular weight excluding hydrogens is 329 g/mol. The molecule has 0 heterocycles. The van der Waals surface area contributed by atoms with Gasteiger partial charge in [-0.2, -0.15) is 0 Å². The first-order valence-electron chi connectivity index (χ1n) is 8.86. The van der Waals surface area contributed by atoms with Gasteiger partial charge in [-0.3, -0.25) is 0 Å². The monoisotopic (exact) mass is 359 g/mol. The lowest BCUT2D eigenvalue weighted by molar-refractivity contribution is 0.304. The molecule has 2 rings (SSSR count). The Morgan fingerprint density at radius 1 is 1.22 bits per heavy atom. The normalized spacial score (nSPS) is 16.7. The summed E-state index contributed by atoms with van der Waals surface area (Å²) in [7, 11) is 0. The van der Waals surface area contributed by atoms with Gasteiger partial charge in [-0.05, 0) is 61.3 Å². The van der Waals surface area contributed by atoms with Crippen LogP contribution >= 0.6 is 24.0 Å². The summed E-state index contributed by atoms with van der Waals surface area (Å²) < 4.78 is 6.16. The molecule has 1 aromatic rings. The average molecular weight is 360 g/mol. The number of nitrogens with two attached hydrogens (primary N) is 1. The van der Waals surface area contributed by atoms with E-state index in [-0.39, 0.29) is 18.4 Å². The molecule has 1 atom stereocenters. The van der Waals surface area contributed by atoms with Gasteiger partial charge in [0.1, 0.15) is 5.75 Å². The van der Waals surface area contributed by atoms with Crippen molar-refractivity contribution in [1.29, 1.82) is 0 Å². The smallest absolute Gasteiger partial charge is 0.126 e. The van der Waals surface area contributed by atoms with Crippen LogP contribution in [0.1, 0.15) is 75.8 Å². The summed E-state index contributed by atoms with van der Waals surface area (Å²) in [5.74, 6) is 1.66. The van der Waals surface area contributed by atoms with Gasteiger partial charge in [-0.1, -0.05) is 44.7 Å². The van der Waals surface area contributed by atoms with Gasteiger partial charge in [0.2, 0.25) is 0 Å². The fourth-order valence-electron chi connectivity index (χ4n) is 3.35. The van der Waals surface area contributed by atoms with E-state index in [4.69, 9.17) is 22.1 Å². The van der Waals surface area contributed by atoms with Crippen molar-refractivity contribution < 1.29 is 4.74 Å². The Morgan fingerprint density at radius 3 is 2.52 bits per heavy atom. The van der Waals surface area contributed by atoms with Crippen LogP contribution < -0.4 is 10.5 Å². The standard InChI is InChI=1S/C19H30ClNO.ClH/c1-3-10-22-19-15(12-17(21)4-2)11-16(20)13-18(19)14-8-6-5-7-9-14;/h11,13-14,17H,3-10,12,21H2,1-2H3;1H. The van der Waals surface area contributed by atoms with Crippen LogP contribution in [0.4, 0.5) is 0 Å². The van der Waals surface area contributed by atoms with Crippen molar-refractivity contribution in [3.63, 3.8) is 0 Å². The Kier molecular flexibility index (Phi) is 9.34. The molecular formula is C19H31Cl2NO. The van der Waals surface area contributed by atoms with Crippen molar-refractivity contribution in [1.82, 2.24) is 0 Å². The Bertz CT molecular complexity index is 473. The number of rotatable bonds is 7. The highest BCUT2D eigenvalue weighted by Gasteiger charge is 2.22. The number of hydrogen-bond acceptors (Lipinski definition) is 2. The van der Waals surface area contributed by atoms with Crippen LogP contribution in [0.3, 0.4) is 0 Å². The molecule has 1 aromatic carbocycles. The van der Waals surface area contributed by atoms with Crippen molar-refractivity contribution in [3.05, 3.63) is 28.3 Å². The van der Waals surface area contributed by atoms with E-state index < -0.39 is 0 Å². The first-order chi connectivity index (χ1) is 10.7. The van der Waals surface area contributed by atoms with Crippen LogP contribution in [-0.2, 0) is 6.42 Å². The van der Waals surface area contributed by atoms with E-state index in [9.17, 15) is 0 Å². The van der Waals surface area contributed by atoms with Crippen LogP contribution in [0.15, 0.2) is 12.1 Å². The average Bonchev–Trinajstić information content (AvgIpc) is 2.54. The van der Waals surface area contributed by atoms with E-state index in [1.54, 1.807) is 0 Å². The van der Waals surface area contributed by atoms with E-state index in [0.717, 1.165) is 36.6 Å². The van der Waals surface area contributed by atoms with Gasteiger partial charge < -0.3 is 10.5 Å². The molecule has 0 aliphatic heterocycles. The topological polar surface area (TPSA) is 35.2 Å². The van der Waals surface area contributed by atoms with Crippen molar-refractivity contribution in [2.45, 2.75) is 77.2 Å². The van der Waals surface area contributed by atoms with Gasteiger partial charge in [0.05, 0.1) is 6.61 Å². The molecule has 0 amide bonds. The molecule has 1 saturated carbocycles. The van der Waals surface area contributed by atoms with E-state index in [1.807, 2.05) is 6.07 Å². The fourth-order valence-corrected chi connectivity index (χ4v) is 3.60. The molecule has 1 aliphatic rings. The molecule has 23 heavy (non-hydrogen) atoms. The molecule has 0 spiro atoms. The molecule has 1 aliphatic carbocycles. The highest BCUT2D eigenvalue weighted by Crippen LogP contribution is 2.41. The molecule has 0 aromatic heterocycles. The van der Waals surface area contributed by atoms with Crippen molar-refractivity contribution in [3.8, 4) is 5.75 Å². The first kappa shape index (κ1) is 20.6.